The molecule has 9 heteroatoms. The van der Waals surface area contributed by atoms with Crippen LogP contribution in [0.15, 0.2) is 23.1 Å². The molecule has 1 aliphatic heterocycles. The van der Waals surface area contributed by atoms with Crippen LogP contribution in [0.1, 0.15) is 5.56 Å². The first-order valence-corrected chi connectivity index (χ1v) is 8.20. The number of halogens is 2. The molecule has 0 unspecified atom stereocenters. The van der Waals surface area contributed by atoms with Crippen molar-refractivity contribution < 1.29 is 17.9 Å². The highest BCUT2D eigenvalue weighted by molar-refractivity contribution is 7.89. The number of rotatable bonds is 5. The molecular formula is C12H14Cl2N2O4S. The van der Waals surface area contributed by atoms with E-state index in [9.17, 15) is 13.2 Å². The minimum atomic E-state index is -3.70. The number of nitrogens with one attached hydrogen (secondary N) is 1. The fourth-order valence-electron chi connectivity index (χ4n) is 1.90. The van der Waals surface area contributed by atoms with Gasteiger partial charge < -0.3 is 10.1 Å². The molecule has 1 aromatic rings. The number of likely N-dealkylation sites (N-methyl/N-ethyl adjacent to an activating group) is 1. The minimum Gasteiger partial charge on any atom is -0.383 e. The van der Waals surface area contributed by atoms with Gasteiger partial charge in [0.05, 0.1) is 11.5 Å². The zero-order valence-corrected chi connectivity index (χ0v) is 13.7. The summed E-state index contributed by atoms with van der Waals surface area (Å²) in [5, 5.41) is 2.50. The summed E-state index contributed by atoms with van der Waals surface area (Å²) in [7, 11) is -0.771. The van der Waals surface area contributed by atoms with E-state index in [0.29, 0.717) is 5.69 Å². The maximum Gasteiger partial charge on any atom is 0.265 e. The van der Waals surface area contributed by atoms with Gasteiger partial charge in [-0.3, -0.25) is 4.79 Å². The summed E-state index contributed by atoms with van der Waals surface area (Å²) >= 11 is 11.9. The van der Waals surface area contributed by atoms with Gasteiger partial charge in [0.25, 0.3) is 5.91 Å². The summed E-state index contributed by atoms with van der Waals surface area (Å²) in [4.78, 5) is 11.7. The van der Waals surface area contributed by atoms with E-state index >= 15 is 0 Å². The number of ether oxygens (including phenoxy) is 1. The first kappa shape index (κ1) is 16.5. The number of sulfonamides is 1. The Balaban J connectivity index is 2.40. The van der Waals surface area contributed by atoms with Crippen LogP contribution >= 0.6 is 23.2 Å². The Labute approximate surface area is 133 Å². The van der Waals surface area contributed by atoms with Gasteiger partial charge in [-0.2, -0.15) is 4.31 Å². The molecule has 1 aliphatic rings. The van der Waals surface area contributed by atoms with Gasteiger partial charge in [-0.05, 0) is 18.2 Å². The number of fused-ring (bicyclic) bond motifs is 1. The maximum absolute atomic E-state index is 12.4. The highest BCUT2D eigenvalue weighted by atomic mass is 35.5. The van der Waals surface area contributed by atoms with Crippen LogP contribution in [-0.2, 0) is 23.9 Å². The number of hydrogen-bond donors (Lipinski definition) is 1. The SMILES string of the molecule is COCCN(C)S(=O)(=O)c1ccc2c(c1)C(Cl)(Cl)C(=O)N2. The molecule has 2 rings (SSSR count). The Morgan fingerprint density at radius 1 is 1.38 bits per heavy atom. The van der Waals surface area contributed by atoms with Crippen molar-refractivity contribution in [1.29, 1.82) is 0 Å². The van der Waals surface area contributed by atoms with E-state index in [2.05, 4.69) is 5.32 Å². The summed E-state index contributed by atoms with van der Waals surface area (Å²) < 4.78 is 29.1. The second kappa shape index (κ2) is 5.73. The smallest absolute Gasteiger partial charge is 0.265 e. The molecule has 0 bridgehead atoms. The van der Waals surface area contributed by atoms with Gasteiger partial charge >= 0.3 is 0 Å². The van der Waals surface area contributed by atoms with Gasteiger partial charge in [0.2, 0.25) is 14.4 Å². The van der Waals surface area contributed by atoms with Crippen LogP contribution in [0.4, 0.5) is 5.69 Å². The lowest BCUT2D eigenvalue weighted by Gasteiger charge is -2.18. The van der Waals surface area contributed by atoms with Crippen molar-refractivity contribution in [2.75, 3.05) is 32.6 Å². The van der Waals surface area contributed by atoms with Crippen LogP contribution in [0.5, 0.6) is 0 Å². The molecule has 1 N–H and O–H groups in total. The zero-order valence-electron chi connectivity index (χ0n) is 11.4. The van der Waals surface area contributed by atoms with Crippen LogP contribution in [0.3, 0.4) is 0 Å². The summed E-state index contributed by atoms with van der Waals surface area (Å²) in [6.07, 6.45) is 0. The van der Waals surface area contributed by atoms with Crippen LogP contribution in [-0.4, -0.2) is 45.9 Å². The predicted octanol–water partition coefficient (Wildman–Crippen LogP) is 1.54. The van der Waals surface area contributed by atoms with Crippen molar-refractivity contribution in [2.24, 2.45) is 0 Å². The minimum absolute atomic E-state index is 0.0158. The number of benzene rings is 1. The van der Waals surface area contributed by atoms with Crippen molar-refractivity contribution in [3.63, 3.8) is 0 Å². The Bertz CT molecular complexity index is 676. The average Bonchev–Trinajstić information content (AvgIpc) is 2.66. The molecule has 0 spiro atoms. The fourth-order valence-corrected chi connectivity index (χ4v) is 3.48. The number of methoxy groups -OCH3 is 1. The fraction of sp³-hybridized carbons (Fsp3) is 0.417. The molecule has 21 heavy (non-hydrogen) atoms. The highest BCUT2D eigenvalue weighted by Gasteiger charge is 2.44. The normalized spacial score (nSPS) is 16.9. The van der Waals surface area contributed by atoms with E-state index in [1.54, 1.807) is 0 Å². The molecule has 0 fully saturated rings. The number of carbonyl (C=O) groups is 1. The lowest BCUT2D eigenvalue weighted by atomic mass is 10.1. The number of nitrogens with zero attached hydrogens (tertiary/aromatic N) is 1. The molecule has 0 aromatic heterocycles. The van der Waals surface area contributed by atoms with Crippen molar-refractivity contribution in [3.8, 4) is 0 Å². The monoisotopic (exact) mass is 352 g/mol. The first-order chi connectivity index (χ1) is 9.71. The number of alkyl halides is 2. The van der Waals surface area contributed by atoms with E-state index in [1.807, 2.05) is 0 Å². The van der Waals surface area contributed by atoms with Gasteiger partial charge in [0.1, 0.15) is 0 Å². The molecule has 0 aliphatic carbocycles. The summed E-state index contributed by atoms with van der Waals surface area (Å²) in [5.74, 6) is -0.594. The van der Waals surface area contributed by atoms with Crippen LogP contribution in [0, 0.1) is 0 Å². The molecule has 1 amide bonds. The molecular weight excluding hydrogens is 339 g/mol. The number of carbonyl (C=O) groups excluding carboxylic acids is 1. The summed E-state index contributed by atoms with van der Waals surface area (Å²) in [6.45, 7) is 0.482. The Hall–Kier alpha value is -0.860. The van der Waals surface area contributed by atoms with Crippen molar-refractivity contribution in [1.82, 2.24) is 4.31 Å². The molecule has 0 radical (unpaired) electrons. The number of amides is 1. The van der Waals surface area contributed by atoms with Gasteiger partial charge in [0.15, 0.2) is 0 Å². The second-order valence-electron chi connectivity index (χ2n) is 4.56. The standard InChI is InChI=1S/C12H14Cl2N2O4S/c1-16(5-6-20-2)21(18,19)8-3-4-10-9(7-8)12(13,14)11(17)15-10/h3-4,7H,5-6H2,1-2H3,(H,15,17). The van der Waals surface area contributed by atoms with E-state index in [0.717, 1.165) is 4.31 Å². The number of anilines is 1. The van der Waals surface area contributed by atoms with Crippen molar-refractivity contribution in [2.45, 2.75) is 9.23 Å². The molecule has 6 nitrogen and oxygen atoms in total. The van der Waals surface area contributed by atoms with Crippen molar-refractivity contribution in [3.05, 3.63) is 23.8 Å². The zero-order chi connectivity index (χ0) is 15.8. The van der Waals surface area contributed by atoms with Gasteiger partial charge in [-0.15, -0.1) is 0 Å². The van der Waals surface area contributed by atoms with Gasteiger partial charge in [-0.1, -0.05) is 23.2 Å². The van der Waals surface area contributed by atoms with E-state index in [1.165, 1.54) is 32.4 Å². The third-order valence-electron chi connectivity index (χ3n) is 3.18. The lowest BCUT2D eigenvalue weighted by Crippen LogP contribution is -2.30. The first-order valence-electron chi connectivity index (χ1n) is 6.00. The summed E-state index contributed by atoms with van der Waals surface area (Å²) in [5.41, 5.74) is 0.639. The van der Waals surface area contributed by atoms with Crippen LogP contribution in [0.2, 0.25) is 0 Å². The van der Waals surface area contributed by atoms with Crippen molar-refractivity contribution >= 4 is 44.8 Å². The topological polar surface area (TPSA) is 75.7 Å². The average molecular weight is 353 g/mol. The second-order valence-corrected chi connectivity index (χ2v) is 7.93. The molecule has 0 saturated heterocycles. The molecule has 1 heterocycles. The third-order valence-corrected chi connectivity index (χ3v) is 5.78. The quantitative estimate of drug-likeness (QED) is 0.815. The number of hydrogen-bond acceptors (Lipinski definition) is 4. The van der Waals surface area contributed by atoms with E-state index < -0.39 is 20.3 Å². The maximum atomic E-state index is 12.4. The third kappa shape index (κ3) is 2.89. The Morgan fingerprint density at radius 2 is 2.05 bits per heavy atom. The molecule has 116 valence electrons. The summed E-state index contributed by atoms with van der Waals surface area (Å²) in [6, 6.07) is 4.18. The molecule has 0 saturated carbocycles. The van der Waals surface area contributed by atoms with Crippen LogP contribution in [0.25, 0.3) is 0 Å². The Morgan fingerprint density at radius 3 is 2.67 bits per heavy atom. The highest BCUT2D eigenvalue weighted by Crippen LogP contribution is 2.45. The largest absolute Gasteiger partial charge is 0.383 e. The van der Waals surface area contributed by atoms with E-state index in [-0.39, 0.29) is 23.6 Å². The molecule has 0 atom stereocenters. The van der Waals surface area contributed by atoms with E-state index in [4.69, 9.17) is 27.9 Å². The van der Waals surface area contributed by atoms with Crippen LogP contribution < -0.4 is 5.32 Å². The Kier molecular flexibility index (Phi) is 4.51. The predicted molar refractivity (Wildman–Crippen MR) is 80.1 cm³/mol. The lowest BCUT2D eigenvalue weighted by molar-refractivity contribution is -0.116. The van der Waals surface area contributed by atoms with Gasteiger partial charge in [0, 0.05) is 32.0 Å². The molecule has 1 aromatic carbocycles. The van der Waals surface area contributed by atoms with Gasteiger partial charge in [-0.25, -0.2) is 8.42 Å².